The first-order valence-electron chi connectivity index (χ1n) is 7.58. The molecule has 2 fully saturated rings. The van der Waals surface area contributed by atoms with E-state index in [9.17, 15) is 10.1 Å². The van der Waals surface area contributed by atoms with Gasteiger partial charge in [-0.1, -0.05) is 19.3 Å². The summed E-state index contributed by atoms with van der Waals surface area (Å²) in [4.78, 5) is 14.3. The number of carbonyl (C=O) groups excluding carboxylic acids is 1. The molecular formula is C15H25N3O. The highest BCUT2D eigenvalue weighted by Crippen LogP contribution is 2.29. The number of nitrogens with zero attached hydrogens (tertiary/aromatic N) is 2. The van der Waals surface area contributed by atoms with Crippen molar-refractivity contribution in [1.82, 2.24) is 10.2 Å². The summed E-state index contributed by atoms with van der Waals surface area (Å²) in [5.41, 5.74) is -0.579. The van der Waals surface area contributed by atoms with Crippen molar-refractivity contribution >= 4 is 5.91 Å². The van der Waals surface area contributed by atoms with Crippen molar-refractivity contribution in [2.45, 2.75) is 69.4 Å². The predicted octanol–water partition coefficient (Wildman–Crippen LogP) is 2.20. The number of carbonyl (C=O) groups is 1. The Morgan fingerprint density at radius 1 is 1.26 bits per heavy atom. The lowest BCUT2D eigenvalue weighted by atomic mass is 9.94. The number of rotatable bonds is 4. The Labute approximate surface area is 116 Å². The molecule has 0 radical (unpaired) electrons. The maximum absolute atomic E-state index is 12.1. The Morgan fingerprint density at radius 3 is 2.47 bits per heavy atom. The Balaban J connectivity index is 1.81. The van der Waals surface area contributed by atoms with Crippen LogP contribution in [0, 0.1) is 11.3 Å². The van der Waals surface area contributed by atoms with Gasteiger partial charge in [-0.05, 0) is 45.6 Å². The molecule has 0 aromatic rings. The molecule has 0 aliphatic heterocycles. The van der Waals surface area contributed by atoms with Crippen LogP contribution in [0.15, 0.2) is 0 Å². The number of amides is 1. The quantitative estimate of drug-likeness (QED) is 0.846. The summed E-state index contributed by atoms with van der Waals surface area (Å²) in [5.74, 6) is 0.0107. The third-order valence-corrected chi connectivity index (χ3v) is 4.64. The third kappa shape index (κ3) is 3.70. The molecule has 0 aromatic heterocycles. The molecule has 0 aromatic carbocycles. The average molecular weight is 263 g/mol. The fourth-order valence-electron chi connectivity index (χ4n) is 3.43. The zero-order valence-electron chi connectivity index (χ0n) is 12.0. The number of nitriles is 1. The van der Waals surface area contributed by atoms with E-state index in [-0.39, 0.29) is 5.91 Å². The Morgan fingerprint density at radius 2 is 1.89 bits per heavy atom. The second kappa shape index (κ2) is 6.38. The van der Waals surface area contributed by atoms with Crippen molar-refractivity contribution < 1.29 is 4.79 Å². The van der Waals surface area contributed by atoms with E-state index >= 15 is 0 Å². The molecule has 2 saturated carbocycles. The first-order valence-corrected chi connectivity index (χ1v) is 7.58. The van der Waals surface area contributed by atoms with Gasteiger partial charge in [0, 0.05) is 6.04 Å². The van der Waals surface area contributed by atoms with Crippen LogP contribution in [0.4, 0.5) is 0 Å². The van der Waals surface area contributed by atoms with Crippen LogP contribution in [0.1, 0.15) is 57.8 Å². The van der Waals surface area contributed by atoms with Gasteiger partial charge < -0.3 is 5.32 Å². The second-order valence-corrected chi connectivity index (χ2v) is 6.16. The normalized spacial score (nSPS) is 23.2. The van der Waals surface area contributed by atoms with E-state index in [2.05, 4.69) is 16.3 Å². The van der Waals surface area contributed by atoms with E-state index in [0.29, 0.717) is 12.6 Å². The van der Waals surface area contributed by atoms with Crippen LogP contribution in [-0.4, -0.2) is 36.0 Å². The van der Waals surface area contributed by atoms with Gasteiger partial charge in [-0.15, -0.1) is 0 Å². The van der Waals surface area contributed by atoms with Gasteiger partial charge in [0.05, 0.1) is 12.6 Å². The lowest BCUT2D eigenvalue weighted by molar-refractivity contribution is -0.123. The van der Waals surface area contributed by atoms with Gasteiger partial charge in [-0.25, -0.2) is 0 Å². The number of likely N-dealkylation sites (N-methyl/N-ethyl adjacent to an activating group) is 1. The standard InChI is InChI=1S/C15H25N3O/c1-18(13-7-3-2-4-8-13)11-14(19)17-15(12-16)9-5-6-10-15/h13H,2-11H2,1H3,(H,17,19). The van der Waals surface area contributed by atoms with Crippen molar-refractivity contribution in [3.63, 3.8) is 0 Å². The summed E-state index contributed by atoms with van der Waals surface area (Å²) in [6.07, 6.45) is 10.00. The molecule has 1 N–H and O–H groups in total. The maximum Gasteiger partial charge on any atom is 0.235 e. The van der Waals surface area contributed by atoms with E-state index in [1.54, 1.807) is 0 Å². The van der Waals surface area contributed by atoms with Crippen LogP contribution in [0.5, 0.6) is 0 Å². The zero-order chi connectivity index (χ0) is 13.7. The van der Waals surface area contributed by atoms with Crippen molar-refractivity contribution in [2.75, 3.05) is 13.6 Å². The summed E-state index contributed by atoms with van der Waals surface area (Å²) >= 11 is 0. The molecule has 0 atom stereocenters. The number of hydrogen-bond donors (Lipinski definition) is 1. The molecular weight excluding hydrogens is 238 g/mol. The highest BCUT2D eigenvalue weighted by Gasteiger charge is 2.35. The third-order valence-electron chi connectivity index (χ3n) is 4.64. The first-order chi connectivity index (χ1) is 9.15. The number of nitrogens with one attached hydrogen (secondary N) is 1. The molecule has 2 aliphatic rings. The molecule has 4 heteroatoms. The minimum absolute atomic E-state index is 0.0107. The molecule has 1 amide bonds. The lowest BCUT2D eigenvalue weighted by Gasteiger charge is -2.31. The summed E-state index contributed by atoms with van der Waals surface area (Å²) < 4.78 is 0. The highest BCUT2D eigenvalue weighted by atomic mass is 16.2. The van der Waals surface area contributed by atoms with Crippen LogP contribution in [0.3, 0.4) is 0 Å². The van der Waals surface area contributed by atoms with Gasteiger partial charge in [0.15, 0.2) is 0 Å². The predicted molar refractivity (Wildman–Crippen MR) is 74.5 cm³/mol. The van der Waals surface area contributed by atoms with Gasteiger partial charge >= 0.3 is 0 Å². The first kappa shape index (κ1) is 14.3. The van der Waals surface area contributed by atoms with Gasteiger partial charge in [0.1, 0.15) is 5.54 Å². The molecule has 0 saturated heterocycles. The van der Waals surface area contributed by atoms with Crippen molar-refractivity contribution in [2.24, 2.45) is 0 Å². The molecule has 19 heavy (non-hydrogen) atoms. The van der Waals surface area contributed by atoms with E-state index in [0.717, 1.165) is 25.7 Å². The molecule has 2 rings (SSSR count). The molecule has 2 aliphatic carbocycles. The van der Waals surface area contributed by atoms with Gasteiger partial charge in [-0.3, -0.25) is 9.69 Å². The lowest BCUT2D eigenvalue weighted by Crippen LogP contribution is -2.50. The average Bonchev–Trinajstić information content (AvgIpc) is 2.88. The topological polar surface area (TPSA) is 56.1 Å². The van der Waals surface area contributed by atoms with E-state index in [1.165, 1.54) is 32.1 Å². The molecule has 0 unspecified atom stereocenters. The van der Waals surface area contributed by atoms with E-state index < -0.39 is 5.54 Å². The monoisotopic (exact) mass is 263 g/mol. The van der Waals surface area contributed by atoms with Crippen LogP contribution in [-0.2, 0) is 4.79 Å². The summed E-state index contributed by atoms with van der Waals surface area (Å²) in [7, 11) is 2.03. The van der Waals surface area contributed by atoms with Gasteiger partial charge in [-0.2, -0.15) is 5.26 Å². The Hall–Kier alpha value is -1.08. The van der Waals surface area contributed by atoms with Gasteiger partial charge in [0.25, 0.3) is 0 Å². The number of hydrogen-bond acceptors (Lipinski definition) is 3. The zero-order valence-corrected chi connectivity index (χ0v) is 12.0. The Bertz CT molecular complexity index is 349. The smallest absolute Gasteiger partial charge is 0.235 e. The minimum Gasteiger partial charge on any atom is -0.337 e. The van der Waals surface area contributed by atoms with Crippen LogP contribution < -0.4 is 5.32 Å². The second-order valence-electron chi connectivity index (χ2n) is 6.16. The highest BCUT2D eigenvalue weighted by molar-refractivity contribution is 5.79. The van der Waals surface area contributed by atoms with Crippen molar-refractivity contribution in [3.05, 3.63) is 0 Å². The maximum atomic E-state index is 12.1. The molecule has 4 nitrogen and oxygen atoms in total. The Kier molecular flexibility index (Phi) is 4.81. The van der Waals surface area contributed by atoms with Crippen LogP contribution >= 0.6 is 0 Å². The van der Waals surface area contributed by atoms with E-state index in [4.69, 9.17) is 0 Å². The van der Waals surface area contributed by atoms with E-state index in [1.807, 2.05) is 7.05 Å². The summed E-state index contributed by atoms with van der Waals surface area (Å²) in [6, 6.07) is 2.85. The van der Waals surface area contributed by atoms with Crippen molar-refractivity contribution in [1.29, 1.82) is 5.26 Å². The SMILES string of the molecule is CN(CC(=O)NC1(C#N)CCCC1)C1CCCCC1. The summed E-state index contributed by atoms with van der Waals surface area (Å²) in [6.45, 7) is 0.425. The van der Waals surface area contributed by atoms with Crippen molar-refractivity contribution in [3.8, 4) is 6.07 Å². The largest absolute Gasteiger partial charge is 0.337 e. The fraction of sp³-hybridized carbons (Fsp3) is 0.867. The van der Waals surface area contributed by atoms with Gasteiger partial charge in [0.2, 0.25) is 5.91 Å². The molecule has 0 spiro atoms. The van der Waals surface area contributed by atoms with Crippen LogP contribution in [0.25, 0.3) is 0 Å². The molecule has 106 valence electrons. The van der Waals surface area contributed by atoms with Crippen LogP contribution in [0.2, 0.25) is 0 Å². The fourth-order valence-corrected chi connectivity index (χ4v) is 3.43. The molecule has 0 bridgehead atoms. The minimum atomic E-state index is -0.579. The molecule has 0 heterocycles. The summed E-state index contributed by atoms with van der Waals surface area (Å²) in [5, 5.41) is 12.2.